The minimum atomic E-state index is -0.380. The fraction of sp³-hybridized carbons (Fsp3) is 0.529. The summed E-state index contributed by atoms with van der Waals surface area (Å²) in [6.07, 6.45) is 0. The minimum absolute atomic E-state index is 0.0357. The van der Waals surface area contributed by atoms with E-state index in [4.69, 9.17) is 9.47 Å². The lowest BCUT2D eigenvalue weighted by Gasteiger charge is -2.23. The zero-order valence-corrected chi connectivity index (χ0v) is 14.8. The van der Waals surface area contributed by atoms with Gasteiger partial charge in [-0.15, -0.1) is 0 Å². The summed E-state index contributed by atoms with van der Waals surface area (Å²) in [5.41, 5.74) is 0.475. The molecule has 0 aromatic heterocycles. The van der Waals surface area contributed by atoms with Gasteiger partial charge in [0.15, 0.2) is 0 Å². The van der Waals surface area contributed by atoms with Crippen LogP contribution in [0.1, 0.15) is 10.4 Å². The van der Waals surface area contributed by atoms with E-state index in [2.05, 4.69) is 4.74 Å². The number of esters is 1. The molecule has 0 bridgehead atoms. The van der Waals surface area contributed by atoms with Gasteiger partial charge in [0.1, 0.15) is 12.4 Å². The monoisotopic (exact) mass is 338 g/mol. The second-order valence-electron chi connectivity index (χ2n) is 5.42. The molecule has 1 aromatic carbocycles. The molecule has 24 heavy (non-hydrogen) atoms. The van der Waals surface area contributed by atoms with E-state index in [1.54, 1.807) is 50.4 Å². The van der Waals surface area contributed by atoms with E-state index >= 15 is 0 Å². The van der Waals surface area contributed by atoms with E-state index in [1.165, 1.54) is 7.11 Å². The average Bonchev–Trinajstić information content (AvgIpc) is 2.59. The average molecular weight is 338 g/mol. The molecule has 7 heteroatoms. The molecular formula is C17H26N2O5. The van der Waals surface area contributed by atoms with E-state index < -0.39 is 0 Å². The first-order chi connectivity index (χ1) is 11.5. The molecule has 0 unspecified atom stereocenters. The van der Waals surface area contributed by atoms with E-state index in [9.17, 15) is 9.59 Å². The zero-order chi connectivity index (χ0) is 17.9. The van der Waals surface area contributed by atoms with Gasteiger partial charge in [-0.2, -0.15) is 0 Å². The number of hydrogen-bond donors (Lipinski definition) is 0. The van der Waals surface area contributed by atoms with Gasteiger partial charge in [-0.3, -0.25) is 9.69 Å². The smallest absolute Gasteiger partial charge is 0.337 e. The van der Waals surface area contributed by atoms with Gasteiger partial charge in [0, 0.05) is 34.3 Å². The van der Waals surface area contributed by atoms with Gasteiger partial charge in [-0.1, -0.05) is 0 Å². The Morgan fingerprint density at radius 3 is 2.17 bits per heavy atom. The van der Waals surface area contributed by atoms with Gasteiger partial charge in [0.2, 0.25) is 5.91 Å². The molecule has 0 aliphatic rings. The summed E-state index contributed by atoms with van der Waals surface area (Å²) in [5.74, 6) is 0.316. The van der Waals surface area contributed by atoms with E-state index in [0.717, 1.165) is 0 Å². The van der Waals surface area contributed by atoms with Gasteiger partial charge >= 0.3 is 5.97 Å². The molecule has 1 aromatic rings. The lowest BCUT2D eigenvalue weighted by molar-refractivity contribution is -0.130. The van der Waals surface area contributed by atoms with E-state index in [1.807, 2.05) is 4.90 Å². The summed E-state index contributed by atoms with van der Waals surface area (Å²) >= 11 is 0. The predicted octanol–water partition coefficient (Wildman–Crippen LogP) is 0.889. The number of benzene rings is 1. The van der Waals surface area contributed by atoms with Crippen LogP contribution in [0.2, 0.25) is 0 Å². The Balaban J connectivity index is 2.48. The molecule has 7 nitrogen and oxygen atoms in total. The van der Waals surface area contributed by atoms with Crippen LogP contribution in [0.3, 0.4) is 0 Å². The van der Waals surface area contributed by atoms with Crippen molar-refractivity contribution in [2.24, 2.45) is 0 Å². The van der Waals surface area contributed by atoms with Crippen LogP contribution >= 0.6 is 0 Å². The van der Waals surface area contributed by atoms with Crippen LogP contribution < -0.4 is 4.74 Å². The van der Waals surface area contributed by atoms with Gasteiger partial charge < -0.3 is 19.1 Å². The van der Waals surface area contributed by atoms with Gasteiger partial charge in [0.25, 0.3) is 0 Å². The van der Waals surface area contributed by atoms with Crippen LogP contribution in [0, 0.1) is 0 Å². The SMILES string of the molecule is COCCN(CCOc1ccc(C(=O)OC)cc1)CC(=O)N(C)C. The molecule has 1 amide bonds. The lowest BCUT2D eigenvalue weighted by atomic mass is 10.2. The maximum absolute atomic E-state index is 11.8. The maximum atomic E-state index is 11.8. The Kier molecular flexibility index (Phi) is 8.81. The second-order valence-corrected chi connectivity index (χ2v) is 5.42. The van der Waals surface area contributed by atoms with Crippen LogP contribution in [0.15, 0.2) is 24.3 Å². The number of carbonyl (C=O) groups excluding carboxylic acids is 2. The molecule has 0 fully saturated rings. The first kappa shape index (κ1) is 19.9. The number of ether oxygens (including phenoxy) is 3. The Morgan fingerprint density at radius 1 is 1.00 bits per heavy atom. The van der Waals surface area contributed by atoms with E-state index in [-0.39, 0.29) is 11.9 Å². The fourth-order valence-corrected chi connectivity index (χ4v) is 1.92. The molecule has 0 atom stereocenters. The Morgan fingerprint density at radius 2 is 1.62 bits per heavy atom. The molecule has 0 spiro atoms. The van der Waals surface area contributed by atoms with E-state index in [0.29, 0.717) is 44.2 Å². The number of nitrogens with zero attached hydrogens (tertiary/aromatic N) is 2. The molecular weight excluding hydrogens is 312 g/mol. The molecule has 0 heterocycles. The third-order valence-electron chi connectivity index (χ3n) is 3.42. The highest BCUT2D eigenvalue weighted by Gasteiger charge is 2.12. The number of likely N-dealkylation sites (N-methyl/N-ethyl adjacent to an activating group) is 1. The zero-order valence-electron chi connectivity index (χ0n) is 14.8. The van der Waals surface area contributed by atoms with Gasteiger partial charge in [-0.25, -0.2) is 4.79 Å². The first-order valence-electron chi connectivity index (χ1n) is 7.70. The first-order valence-corrected chi connectivity index (χ1v) is 7.70. The van der Waals surface area contributed by atoms with Crippen LogP contribution in [-0.2, 0) is 14.3 Å². The highest BCUT2D eigenvalue weighted by Crippen LogP contribution is 2.12. The number of carbonyl (C=O) groups is 2. The molecule has 0 aliphatic carbocycles. The van der Waals surface area contributed by atoms with Crippen LogP contribution in [0.4, 0.5) is 0 Å². The Hall–Kier alpha value is -2.12. The normalized spacial score (nSPS) is 10.5. The third-order valence-corrected chi connectivity index (χ3v) is 3.42. The van der Waals surface area contributed by atoms with Gasteiger partial charge in [0.05, 0.1) is 25.8 Å². The molecule has 0 radical (unpaired) electrons. The number of hydrogen-bond acceptors (Lipinski definition) is 6. The second kappa shape index (κ2) is 10.6. The van der Waals surface area contributed by atoms with Crippen molar-refractivity contribution in [3.05, 3.63) is 29.8 Å². The number of methoxy groups -OCH3 is 2. The molecule has 0 saturated heterocycles. The minimum Gasteiger partial charge on any atom is -0.492 e. The molecule has 134 valence electrons. The highest BCUT2D eigenvalue weighted by atomic mass is 16.5. The molecule has 0 N–H and O–H groups in total. The predicted molar refractivity (Wildman–Crippen MR) is 90.3 cm³/mol. The third kappa shape index (κ3) is 6.97. The molecule has 0 saturated carbocycles. The Labute approximate surface area is 143 Å². The van der Waals surface area contributed by atoms with Crippen molar-refractivity contribution in [3.63, 3.8) is 0 Å². The van der Waals surface area contributed by atoms with Crippen LogP contribution in [-0.4, -0.2) is 82.8 Å². The lowest BCUT2D eigenvalue weighted by Crippen LogP contribution is -2.40. The van der Waals surface area contributed by atoms with Crippen molar-refractivity contribution in [3.8, 4) is 5.75 Å². The summed E-state index contributed by atoms with van der Waals surface area (Å²) in [6, 6.07) is 6.74. The van der Waals surface area contributed by atoms with Crippen molar-refractivity contribution in [1.29, 1.82) is 0 Å². The Bertz CT molecular complexity index is 516. The van der Waals surface area contributed by atoms with Crippen LogP contribution in [0.25, 0.3) is 0 Å². The van der Waals surface area contributed by atoms with Crippen molar-refractivity contribution >= 4 is 11.9 Å². The highest BCUT2D eigenvalue weighted by molar-refractivity contribution is 5.89. The van der Waals surface area contributed by atoms with Crippen molar-refractivity contribution < 1.29 is 23.8 Å². The summed E-state index contributed by atoms with van der Waals surface area (Å²) in [5, 5.41) is 0. The van der Waals surface area contributed by atoms with Crippen molar-refractivity contribution in [2.45, 2.75) is 0 Å². The van der Waals surface area contributed by atoms with Crippen LogP contribution in [0.5, 0.6) is 5.75 Å². The summed E-state index contributed by atoms with van der Waals surface area (Å²) in [6.45, 7) is 2.56. The summed E-state index contributed by atoms with van der Waals surface area (Å²) in [4.78, 5) is 26.7. The van der Waals surface area contributed by atoms with Gasteiger partial charge in [-0.05, 0) is 24.3 Å². The summed E-state index contributed by atoms with van der Waals surface area (Å²) < 4.78 is 15.4. The molecule has 1 rings (SSSR count). The van der Waals surface area contributed by atoms with Crippen molar-refractivity contribution in [2.75, 3.05) is 61.2 Å². The van der Waals surface area contributed by atoms with Crippen molar-refractivity contribution in [1.82, 2.24) is 9.80 Å². The number of amides is 1. The topological polar surface area (TPSA) is 68.3 Å². The largest absolute Gasteiger partial charge is 0.492 e. The number of rotatable bonds is 10. The quantitative estimate of drug-likeness (QED) is 0.590. The summed E-state index contributed by atoms with van der Waals surface area (Å²) in [7, 11) is 6.44. The fourth-order valence-electron chi connectivity index (χ4n) is 1.92. The maximum Gasteiger partial charge on any atom is 0.337 e. The standard InChI is InChI=1S/C17H26N2O5/c1-18(2)16(20)13-19(9-11-22-3)10-12-24-15-7-5-14(6-8-15)17(21)23-4/h5-8H,9-13H2,1-4H3. The molecule has 0 aliphatic heterocycles.